The molecule has 2 unspecified atom stereocenters. The van der Waals surface area contributed by atoms with Gasteiger partial charge in [0.2, 0.25) is 0 Å². The molecular weight excluding hydrogens is 218 g/mol. The van der Waals surface area contributed by atoms with Crippen molar-refractivity contribution < 1.29 is 14.6 Å². The molecule has 17 heavy (non-hydrogen) atoms. The number of rotatable bonds is 4. The van der Waals surface area contributed by atoms with Gasteiger partial charge in [0.05, 0.1) is 6.10 Å². The van der Waals surface area contributed by atoms with Crippen LogP contribution in [0.3, 0.4) is 0 Å². The number of carbonyl (C=O) groups is 1. The van der Waals surface area contributed by atoms with Gasteiger partial charge in [-0.25, -0.2) is 0 Å². The lowest BCUT2D eigenvalue weighted by Gasteiger charge is -2.25. The van der Waals surface area contributed by atoms with Crippen LogP contribution in [0.25, 0.3) is 0 Å². The number of aliphatic hydroxyl groups excluding tert-OH is 1. The lowest BCUT2D eigenvalue weighted by molar-refractivity contribution is -0.140. The molecule has 4 heteroatoms. The summed E-state index contributed by atoms with van der Waals surface area (Å²) in [6.45, 7) is 8.97. The highest BCUT2D eigenvalue weighted by atomic mass is 16.5. The SMILES string of the molecule is CC(C)(C)CC(O)CNC(=O)C1(C)CCCO1. The topological polar surface area (TPSA) is 58.6 Å². The number of aliphatic hydroxyl groups is 1. The van der Waals surface area contributed by atoms with Crippen LogP contribution in [0.15, 0.2) is 0 Å². The predicted octanol–water partition coefficient (Wildman–Crippen LogP) is 1.47. The molecular formula is C13H25NO3. The fraction of sp³-hybridized carbons (Fsp3) is 0.923. The number of nitrogens with one attached hydrogen (secondary N) is 1. The molecule has 0 saturated carbocycles. The molecule has 0 bridgehead atoms. The minimum absolute atomic E-state index is 0.0674. The van der Waals surface area contributed by atoms with Gasteiger partial charge in [0.15, 0.2) is 0 Å². The summed E-state index contributed by atoms with van der Waals surface area (Å²) in [5, 5.41) is 12.6. The van der Waals surface area contributed by atoms with E-state index in [1.165, 1.54) is 0 Å². The maximum Gasteiger partial charge on any atom is 0.252 e. The zero-order valence-corrected chi connectivity index (χ0v) is 11.4. The molecule has 2 N–H and O–H groups in total. The average Bonchev–Trinajstić information content (AvgIpc) is 2.60. The molecule has 1 fully saturated rings. The van der Waals surface area contributed by atoms with E-state index in [0.717, 1.165) is 12.8 Å². The van der Waals surface area contributed by atoms with Crippen molar-refractivity contribution in [3.8, 4) is 0 Å². The quantitative estimate of drug-likeness (QED) is 0.786. The Balaban J connectivity index is 2.33. The molecule has 100 valence electrons. The van der Waals surface area contributed by atoms with Crippen LogP contribution in [0.2, 0.25) is 0 Å². The van der Waals surface area contributed by atoms with Crippen LogP contribution in [0, 0.1) is 5.41 Å². The van der Waals surface area contributed by atoms with E-state index >= 15 is 0 Å². The molecule has 1 saturated heterocycles. The van der Waals surface area contributed by atoms with Gasteiger partial charge in [0.25, 0.3) is 5.91 Å². The second-order valence-electron chi connectivity index (χ2n) is 6.31. The number of carbonyl (C=O) groups excluding carboxylic acids is 1. The molecule has 1 amide bonds. The van der Waals surface area contributed by atoms with E-state index in [9.17, 15) is 9.90 Å². The molecule has 0 spiro atoms. The zero-order valence-electron chi connectivity index (χ0n) is 11.4. The Hall–Kier alpha value is -0.610. The van der Waals surface area contributed by atoms with Gasteiger partial charge in [-0.2, -0.15) is 0 Å². The monoisotopic (exact) mass is 243 g/mol. The van der Waals surface area contributed by atoms with E-state index in [-0.39, 0.29) is 11.3 Å². The summed E-state index contributed by atoms with van der Waals surface area (Å²) < 4.78 is 5.44. The fourth-order valence-electron chi connectivity index (χ4n) is 2.13. The van der Waals surface area contributed by atoms with Crippen LogP contribution >= 0.6 is 0 Å². The van der Waals surface area contributed by atoms with Crippen molar-refractivity contribution in [1.29, 1.82) is 0 Å². The largest absolute Gasteiger partial charge is 0.391 e. The Morgan fingerprint density at radius 3 is 2.65 bits per heavy atom. The minimum atomic E-state index is -0.693. The second kappa shape index (κ2) is 5.36. The lowest BCUT2D eigenvalue weighted by atomic mass is 9.89. The van der Waals surface area contributed by atoms with E-state index in [1.54, 1.807) is 0 Å². The number of ether oxygens (including phenoxy) is 1. The lowest BCUT2D eigenvalue weighted by Crippen LogP contribution is -2.46. The van der Waals surface area contributed by atoms with Gasteiger partial charge in [-0.1, -0.05) is 20.8 Å². The van der Waals surface area contributed by atoms with Crippen molar-refractivity contribution in [2.24, 2.45) is 5.41 Å². The Morgan fingerprint density at radius 2 is 2.18 bits per heavy atom. The number of hydrogen-bond donors (Lipinski definition) is 2. The van der Waals surface area contributed by atoms with Gasteiger partial charge >= 0.3 is 0 Å². The third-order valence-electron chi connectivity index (χ3n) is 3.05. The molecule has 1 aliphatic heterocycles. The van der Waals surface area contributed by atoms with Gasteiger partial charge in [-0.3, -0.25) is 4.79 Å². The van der Waals surface area contributed by atoms with Crippen molar-refractivity contribution in [3.05, 3.63) is 0 Å². The maximum absolute atomic E-state index is 11.9. The summed E-state index contributed by atoms with van der Waals surface area (Å²) in [6, 6.07) is 0. The predicted molar refractivity (Wildman–Crippen MR) is 66.7 cm³/mol. The Labute approximate surface area is 104 Å². The van der Waals surface area contributed by atoms with E-state index in [1.807, 2.05) is 6.92 Å². The summed E-state index contributed by atoms with van der Waals surface area (Å²) >= 11 is 0. The summed E-state index contributed by atoms with van der Waals surface area (Å²) in [4.78, 5) is 11.9. The third kappa shape index (κ3) is 4.64. The van der Waals surface area contributed by atoms with Gasteiger partial charge in [-0.15, -0.1) is 0 Å². The molecule has 0 aromatic carbocycles. The van der Waals surface area contributed by atoms with E-state index in [4.69, 9.17) is 4.74 Å². The first-order chi connectivity index (χ1) is 7.73. The van der Waals surface area contributed by atoms with Gasteiger partial charge in [0, 0.05) is 13.2 Å². The maximum atomic E-state index is 11.9. The first-order valence-electron chi connectivity index (χ1n) is 6.33. The second-order valence-corrected chi connectivity index (χ2v) is 6.31. The highest BCUT2D eigenvalue weighted by Crippen LogP contribution is 2.25. The molecule has 1 aliphatic rings. The van der Waals surface area contributed by atoms with E-state index < -0.39 is 11.7 Å². The normalized spacial score (nSPS) is 26.9. The fourth-order valence-corrected chi connectivity index (χ4v) is 2.13. The Kier molecular flexibility index (Phi) is 4.55. The molecule has 1 heterocycles. The zero-order chi connectivity index (χ0) is 13.1. The summed E-state index contributed by atoms with van der Waals surface area (Å²) in [5.41, 5.74) is -0.626. The van der Waals surface area contributed by atoms with Gasteiger partial charge in [0.1, 0.15) is 5.60 Å². The van der Waals surface area contributed by atoms with Crippen LogP contribution in [-0.4, -0.2) is 35.9 Å². The standard InChI is InChI=1S/C13H25NO3/c1-12(2,3)8-10(15)9-14-11(16)13(4)6-5-7-17-13/h10,15H,5-9H2,1-4H3,(H,14,16). The molecule has 0 radical (unpaired) electrons. The van der Waals surface area contributed by atoms with Crippen LogP contribution < -0.4 is 5.32 Å². The molecule has 2 atom stereocenters. The van der Waals surface area contributed by atoms with Crippen LogP contribution in [0.4, 0.5) is 0 Å². The summed E-state index contributed by atoms with van der Waals surface area (Å²) in [7, 11) is 0. The van der Waals surface area contributed by atoms with Crippen molar-refractivity contribution in [2.45, 2.75) is 58.7 Å². The van der Waals surface area contributed by atoms with Crippen molar-refractivity contribution in [3.63, 3.8) is 0 Å². The number of hydrogen-bond acceptors (Lipinski definition) is 3. The van der Waals surface area contributed by atoms with Crippen LogP contribution in [-0.2, 0) is 9.53 Å². The number of amides is 1. The van der Waals surface area contributed by atoms with E-state index in [0.29, 0.717) is 19.6 Å². The molecule has 4 nitrogen and oxygen atoms in total. The Bertz CT molecular complexity index is 264. The third-order valence-corrected chi connectivity index (χ3v) is 3.05. The molecule has 0 aromatic rings. The highest BCUT2D eigenvalue weighted by molar-refractivity contribution is 5.85. The first kappa shape index (κ1) is 14.5. The Morgan fingerprint density at radius 1 is 1.53 bits per heavy atom. The van der Waals surface area contributed by atoms with Crippen LogP contribution in [0.5, 0.6) is 0 Å². The van der Waals surface area contributed by atoms with Gasteiger partial charge < -0.3 is 15.2 Å². The smallest absolute Gasteiger partial charge is 0.252 e. The molecule has 0 aromatic heterocycles. The first-order valence-corrected chi connectivity index (χ1v) is 6.33. The van der Waals surface area contributed by atoms with Crippen LogP contribution in [0.1, 0.15) is 47.0 Å². The van der Waals surface area contributed by atoms with Crippen molar-refractivity contribution in [2.75, 3.05) is 13.2 Å². The van der Waals surface area contributed by atoms with E-state index in [2.05, 4.69) is 26.1 Å². The van der Waals surface area contributed by atoms with Crippen molar-refractivity contribution >= 4 is 5.91 Å². The summed E-state index contributed by atoms with van der Waals surface area (Å²) in [6.07, 6.45) is 1.86. The van der Waals surface area contributed by atoms with Gasteiger partial charge in [-0.05, 0) is 31.6 Å². The van der Waals surface area contributed by atoms with Crippen molar-refractivity contribution in [1.82, 2.24) is 5.32 Å². The average molecular weight is 243 g/mol. The minimum Gasteiger partial charge on any atom is -0.391 e. The summed E-state index contributed by atoms with van der Waals surface area (Å²) in [5.74, 6) is -0.108. The molecule has 0 aliphatic carbocycles. The molecule has 1 rings (SSSR count). The highest BCUT2D eigenvalue weighted by Gasteiger charge is 2.37.